The van der Waals surface area contributed by atoms with E-state index in [4.69, 9.17) is 14.2 Å². The molecule has 1 aromatic heterocycles. The van der Waals surface area contributed by atoms with Crippen molar-refractivity contribution in [2.75, 3.05) is 11.9 Å². The summed E-state index contributed by atoms with van der Waals surface area (Å²) in [6.07, 6.45) is 0.860. The molecular formula is C23H27NO6S. The SMILES string of the molecule is CCCCOC(=O)c1c(N[C@H]2OC(=O)c3ccccc32)sc(C(=O)OC(C)(C)C)c1C. The van der Waals surface area contributed by atoms with Gasteiger partial charge in [-0.3, -0.25) is 0 Å². The Morgan fingerprint density at radius 3 is 2.58 bits per heavy atom. The highest BCUT2D eigenvalue weighted by Gasteiger charge is 2.34. The number of cyclic esters (lactones) is 1. The zero-order valence-corrected chi connectivity index (χ0v) is 19.2. The highest BCUT2D eigenvalue weighted by molar-refractivity contribution is 7.18. The van der Waals surface area contributed by atoms with E-state index < -0.39 is 29.7 Å². The second-order valence-electron chi connectivity index (χ2n) is 8.27. The number of anilines is 1. The summed E-state index contributed by atoms with van der Waals surface area (Å²) in [5.41, 5.74) is 1.18. The van der Waals surface area contributed by atoms with Gasteiger partial charge in [0.25, 0.3) is 0 Å². The third-order valence-corrected chi connectivity index (χ3v) is 5.82. The number of rotatable bonds is 7. The van der Waals surface area contributed by atoms with E-state index in [0.717, 1.165) is 24.2 Å². The fourth-order valence-electron chi connectivity index (χ4n) is 3.13. The van der Waals surface area contributed by atoms with Gasteiger partial charge in [0.05, 0.1) is 17.7 Å². The lowest BCUT2D eigenvalue weighted by Crippen LogP contribution is -2.23. The van der Waals surface area contributed by atoms with Gasteiger partial charge in [-0.2, -0.15) is 0 Å². The molecular weight excluding hydrogens is 418 g/mol. The molecule has 0 saturated carbocycles. The fraction of sp³-hybridized carbons (Fsp3) is 0.435. The number of thiophene rings is 1. The number of fused-ring (bicyclic) bond motifs is 1. The summed E-state index contributed by atoms with van der Waals surface area (Å²) in [5, 5.41) is 3.51. The number of esters is 3. The minimum atomic E-state index is -0.768. The Labute approximate surface area is 185 Å². The van der Waals surface area contributed by atoms with Crippen molar-refractivity contribution in [1.29, 1.82) is 0 Å². The molecule has 0 unspecified atom stereocenters. The molecule has 1 aromatic carbocycles. The Kier molecular flexibility index (Phi) is 6.69. The molecule has 8 heteroatoms. The van der Waals surface area contributed by atoms with Crippen molar-refractivity contribution in [3.05, 3.63) is 51.4 Å². The van der Waals surface area contributed by atoms with Gasteiger partial charge < -0.3 is 19.5 Å². The molecule has 0 fully saturated rings. The van der Waals surface area contributed by atoms with E-state index in [-0.39, 0.29) is 12.2 Å². The van der Waals surface area contributed by atoms with Crippen LogP contribution in [0.25, 0.3) is 0 Å². The number of carbonyl (C=O) groups excluding carboxylic acids is 3. The van der Waals surface area contributed by atoms with Crippen LogP contribution in [0.5, 0.6) is 0 Å². The van der Waals surface area contributed by atoms with Crippen LogP contribution >= 0.6 is 11.3 Å². The van der Waals surface area contributed by atoms with Crippen molar-refractivity contribution in [1.82, 2.24) is 0 Å². The summed E-state index contributed by atoms with van der Waals surface area (Å²) in [7, 11) is 0. The number of nitrogens with one attached hydrogen (secondary N) is 1. The Bertz CT molecular complexity index is 1000. The second-order valence-corrected chi connectivity index (χ2v) is 9.29. The molecule has 31 heavy (non-hydrogen) atoms. The molecule has 2 aromatic rings. The molecule has 0 amide bonds. The van der Waals surface area contributed by atoms with E-state index in [1.165, 1.54) is 0 Å². The van der Waals surface area contributed by atoms with Crippen LogP contribution in [0.3, 0.4) is 0 Å². The molecule has 0 radical (unpaired) electrons. The minimum absolute atomic E-state index is 0.252. The Balaban J connectivity index is 1.96. The summed E-state index contributed by atoms with van der Waals surface area (Å²) < 4.78 is 16.4. The lowest BCUT2D eigenvalue weighted by atomic mass is 10.1. The highest BCUT2D eigenvalue weighted by Crippen LogP contribution is 2.39. The largest absolute Gasteiger partial charge is 0.462 e. The van der Waals surface area contributed by atoms with Crippen LogP contribution in [0.15, 0.2) is 24.3 Å². The van der Waals surface area contributed by atoms with Crippen molar-refractivity contribution in [3.8, 4) is 0 Å². The van der Waals surface area contributed by atoms with E-state index in [9.17, 15) is 14.4 Å². The lowest BCUT2D eigenvalue weighted by molar-refractivity contribution is 0.00741. The standard InChI is InChI=1S/C23H27NO6S/c1-6-7-12-28-21(26)16-13(2)17(22(27)30-23(3,4)5)31-19(16)24-18-14-10-8-9-11-15(14)20(25)29-18/h8-11,18,24H,6-7,12H2,1-5H3/t18-/m0/s1. The van der Waals surface area contributed by atoms with Gasteiger partial charge in [0.2, 0.25) is 6.23 Å². The van der Waals surface area contributed by atoms with Gasteiger partial charge >= 0.3 is 17.9 Å². The average molecular weight is 446 g/mol. The van der Waals surface area contributed by atoms with Crippen molar-refractivity contribution in [3.63, 3.8) is 0 Å². The molecule has 2 heterocycles. The fourth-order valence-corrected chi connectivity index (χ4v) is 4.22. The number of ether oxygens (including phenoxy) is 3. The molecule has 166 valence electrons. The summed E-state index contributed by atoms with van der Waals surface area (Å²) >= 11 is 1.09. The average Bonchev–Trinajstić information content (AvgIpc) is 3.18. The first-order chi connectivity index (χ1) is 14.6. The smallest absolute Gasteiger partial charge is 0.349 e. The Hall–Kier alpha value is -2.87. The van der Waals surface area contributed by atoms with Crippen LogP contribution in [0.2, 0.25) is 0 Å². The molecule has 0 spiro atoms. The lowest BCUT2D eigenvalue weighted by Gasteiger charge is -2.19. The van der Waals surface area contributed by atoms with Gasteiger partial charge in [-0.1, -0.05) is 31.5 Å². The van der Waals surface area contributed by atoms with E-state index in [1.807, 2.05) is 6.92 Å². The first-order valence-electron chi connectivity index (χ1n) is 10.2. The Morgan fingerprint density at radius 1 is 1.19 bits per heavy atom. The number of carbonyl (C=O) groups is 3. The summed E-state index contributed by atoms with van der Waals surface area (Å²) in [6.45, 7) is 9.31. The summed E-state index contributed by atoms with van der Waals surface area (Å²) in [4.78, 5) is 38.1. The maximum Gasteiger partial charge on any atom is 0.349 e. The molecule has 3 rings (SSSR count). The first kappa shape index (κ1) is 22.8. The van der Waals surface area contributed by atoms with E-state index in [0.29, 0.717) is 26.6 Å². The van der Waals surface area contributed by atoms with Gasteiger partial charge in [0.1, 0.15) is 15.5 Å². The van der Waals surface area contributed by atoms with Crippen LogP contribution in [-0.4, -0.2) is 30.1 Å². The van der Waals surface area contributed by atoms with Gasteiger partial charge in [0.15, 0.2) is 0 Å². The zero-order chi connectivity index (χ0) is 22.8. The first-order valence-corrected chi connectivity index (χ1v) is 11.0. The second kappa shape index (κ2) is 9.09. The summed E-state index contributed by atoms with van der Waals surface area (Å²) in [6, 6.07) is 7.04. The molecule has 7 nitrogen and oxygen atoms in total. The number of unbranched alkanes of at least 4 members (excludes halogenated alkanes) is 1. The van der Waals surface area contributed by atoms with Crippen LogP contribution in [-0.2, 0) is 14.2 Å². The summed E-state index contributed by atoms with van der Waals surface area (Å²) in [5.74, 6) is -1.49. The Morgan fingerprint density at radius 2 is 1.90 bits per heavy atom. The predicted octanol–water partition coefficient (Wildman–Crippen LogP) is 5.25. The van der Waals surface area contributed by atoms with Gasteiger partial charge in [-0.05, 0) is 45.7 Å². The predicted molar refractivity (Wildman–Crippen MR) is 118 cm³/mol. The molecule has 1 atom stereocenters. The van der Waals surface area contributed by atoms with Gasteiger partial charge in [-0.15, -0.1) is 11.3 Å². The van der Waals surface area contributed by atoms with Crippen LogP contribution in [0.1, 0.15) is 88.3 Å². The molecule has 1 aliphatic heterocycles. The van der Waals surface area contributed by atoms with Gasteiger partial charge in [0, 0.05) is 5.56 Å². The number of hydrogen-bond acceptors (Lipinski definition) is 8. The van der Waals surface area contributed by atoms with Crippen molar-refractivity contribution in [2.45, 2.75) is 59.3 Å². The maximum absolute atomic E-state index is 12.9. The van der Waals surface area contributed by atoms with E-state index in [1.54, 1.807) is 52.0 Å². The third kappa shape index (κ3) is 5.07. The normalized spacial score (nSPS) is 15.3. The van der Waals surface area contributed by atoms with Crippen molar-refractivity contribution >= 4 is 34.2 Å². The maximum atomic E-state index is 12.9. The third-order valence-electron chi connectivity index (χ3n) is 4.62. The molecule has 1 aliphatic rings. The zero-order valence-electron chi connectivity index (χ0n) is 18.4. The molecule has 0 aliphatic carbocycles. The number of benzene rings is 1. The molecule has 0 bridgehead atoms. The quantitative estimate of drug-likeness (QED) is 0.354. The topological polar surface area (TPSA) is 90.9 Å². The highest BCUT2D eigenvalue weighted by atomic mass is 32.1. The van der Waals surface area contributed by atoms with E-state index in [2.05, 4.69) is 5.32 Å². The minimum Gasteiger partial charge on any atom is -0.462 e. The van der Waals surface area contributed by atoms with E-state index >= 15 is 0 Å². The van der Waals surface area contributed by atoms with Crippen LogP contribution < -0.4 is 5.32 Å². The van der Waals surface area contributed by atoms with Crippen molar-refractivity contribution < 1.29 is 28.6 Å². The molecule has 0 saturated heterocycles. The molecule has 1 N–H and O–H groups in total. The van der Waals surface area contributed by atoms with Crippen molar-refractivity contribution in [2.24, 2.45) is 0 Å². The monoisotopic (exact) mass is 445 g/mol. The van der Waals surface area contributed by atoms with Crippen LogP contribution in [0, 0.1) is 6.92 Å². The van der Waals surface area contributed by atoms with Gasteiger partial charge in [-0.25, -0.2) is 14.4 Å². The van der Waals surface area contributed by atoms with Crippen LogP contribution in [0.4, 0.5) is 5.00 Å². The number of hydrogen-bond donors (Lipinski definition) is 1.